The van der Waals surface area contributed by atoms with E-state index in [0.29, 0.717) is 0 Å². The van der Waals surface area contributed by atoms with E-state index in [2.05, 4.69) is 45.8 Å². The van der Waals surface area contributed by atoms with Gasteiger partial charge in [0.1, 0.15) is 5.52 Å². The molecule has 0 atom stereocenters. The third-order valence-electron chi connectivity index (χ3n) is 3.78. The Morgan fingerprint density at radius 2 is 1.95 bits per heavy atom. The number of fused-ring (bicyclic) bond motifs is 1. The number of nitrogens with zero attached hydrogens (tertiary/aromatic N) is 3. The molecule has 0 unspecified atom stereocenters. The first-order valence-electron chi connectivity index (χ1n) is 7.39. The van der Waals surface area contributed by atoms with Gasteiger partial charge >= 0.3 is 0 Å². The second kappa shape index (κ2) is 5.85. The number of rotatable bonds is 5. The lowest BCUT2D eigenvalue weighted by molar-refractivity contribution is 0.660. The fourth-order valence-corrected chi connectivity index (χ4v) is 3.06. The summed E-state index contributed by atoms with van der Waals surface area (Å²) in [6.45, 7) is 3.04. The minimum Gasteiger partial charge on any atom is -0.328 e. The first-order valence-corrected chi connectivity index (χ1v) is 7.80. The summed E-state index contributed by atoms with van der Waals surface area (Å²) in [5, 5.41) is 4.61. The number of aromatic nitrogens is 4. The standard InChI is InChI=1S/C16H20N4S/c1-3-7-13-14-15(19(2)18-13)20(16(21)17-14)11-10-12-8-5-4-6-9-12/h4-6,8-9H,3,7,10-11H2,1-2H3,(H,17,21). The number of hydrogen-bond acceptors (Lipinski definition) is 2. The van der Waals surface area contributed by atoms with Gasteiger partial charge in [-0.3, -0.25) is 4.68 Å². The molecule has 0 aliphatic heterocycles. The third kappa shape index (κ3) is 2.65. The molecule has 21 heavy (non-hydrogen) atoms. The van der Waals surface area contributed by atoms with E-state index >= 15 is 0 Å². The Morgan fingerprint density at radius 3 is 2.67 bits per heavy atom. The van der Waals surface area contributed by atoms with Crippen LogP contribution in [-0.2, 0) is 26.4 Å². The second-order valence-electron chi connectivity index (χ2n) is 5.34. The zero-order valence-corrected chi connectivity index (χ0v) is 13.3. The van der Waals surface area contributed by atoms with Gasteiger partial charge in [-0.15, -0.1) is 0 Å². The molecule has 3 rings (SSSR count). The molecular weight excluding hydrogens is 280 g/mol. The van der Waals surface area contributed by atoms with Crippen LogP contribution < -0.4 is 0 Å². The third-order valence-corrected chi connectivity index (χ3v) is 4.10. The van der Waals surface area contributed by atoms with Gasteiger partial charge in [0, 0.05) is 13.6 Å². The summed E-state index contributed by atoms with van der Waals surface area (Å²) in [5.74, 6) is 0. The van der Waals surface area contributed by atoms with Crippen LogP contribution in [-0.4, -0.2) is 19.3 Å². The Bertz CT molecular complexity index is 795. The zero-order valence-electron chi connectivity index (χ0n) is 12.5. The van der Waals surface area contributed by atoms with E-state index < -0.39 is 0 Å². The van der Waals surface area contributed by atoms with Crippen LogP contribution in [0.4, 0.5) is 0 Å². The van der Waals surface area contributed by atoms with Gasteiger partial charge in [-0.2, -0.15) is 5.10 Å². The van der Waals surface area contributed by atoms with Crippen LogP contribution >= 0.6 is 12.2 Å². The molecule has 1 aromatic carbocycles. The quantitative estimate of drug-likeness (QED) is 0.731. The molecule has 4 nitrogen and oxygen atoms in total. The van der Waals surface area contributed by atoms with Crippen LogP contribution in [0, 0.1) is 4.77 Å². The van der Waals surface area contributed by atoms with Crippen molar-refractivity contribution < 1.29 is 0 Å². The summed E-state index contributed by atoms with van der Waals surface area (Å²) >= 11 is 5.49. The van der Waals surface area contributed by atoms with E-state index in [1.165, 1.54) is 5.56 Å². The highest BCUT2D eigenvalue weighted by Crippen LogP contribution is 2.19. The molecule has 0 aliphatic carbocycles. The molecule has 2 heterocycles. The van der Waals surface area contributed by atoms with Gasteiger partial charge in [-0.1, -0.05) is 43.7 Å². The van der Waals surface area contributed by atoms with Gasteiger partial charge in [0.05, 0.1) is 5.69 Å². The van der Waals surface area contributed by atoms with E-state index in [1.54, 1.807) is 0 Å². The van der Waals surface area contributed by atoms with Crippen molar-refractivity contribution in [3.63, 3.8) is 0 Å². The molecule has 3 aromatic rings. The molecule has 0 spiro atoms. The van der Waals surface area contributed by atoms with Crippen molar-refractivity contribution in [3.05, 3.63) is 46.4 Å². The Morgan fingerprint density at radius 1 is 1.19 bits per heavy atom. The predicted molar refractivity (Wildman–Crippen MR) is 88.0 cm³/mol. The zero-order chi connectivity index (χ0) is 14.8. The molecule has 0 bridgehead atoms. The van der Waals surface area contributed by atoms with Crippen LogP contribution in [0.5, 0.6) is 0 Å². The molecule has 0 saturated carbocycles. The summed E-state index contributed by atoms with van der Waals surface area (Å²) in [7, 11) is 1.99. The van der Waals surface area contributed by atoms with Gasteiger partial charge in [-0.05, 0) is 30.6 Å². The molecule has 0 amide bonds. The van der Waals surface area contributed by atoms with Crippen molar-refractivity contribution in [1.29, 1.82) is 0 Å². The highest BCUT2D eigenvalue weighted by molar-refractivity contribution is 7.71. The number of hydrogen-bond donors (Lipinski definition) is 1. The van der Waals surface area contributed by atoms with Gasteiger partial charge in [0.15, 0.2) is 10.4 Å². The maximum absolute atomic E-state index is 5.49. The lowest BCUT2D eigenvalue weighted by Gasteiger charge is -2.05. The fourth-order valence-electron chi connectivity index (χ4n) is 2.78. The SMILES string of the molecule is CCCc1nn(C)c2c1[nH]c(=S)n2CCc1ccccc1. The molecular formula is C16H20N4S. The molecule has 2 aromatic heterocycles. The molecule has 110 valence electrons. The molecule has 0 radical (unpaired) electrons. The van der Waals surface area contributed by atoms with Crippen LogP contribution in [0.1, 0.15) is 24.6 Å². The molecule has 1 N–H and O–H groups in total. The van der Waals surface area contributed by atoms with Gasteiger partial charge < -0.3 is 9.55 Å². The first-order chi connectivity index (χ1) is 10.2. The van der Waals surface area contributed by atoms with Crippen LogP contribution in [0.2, 0.25) is 0 Å². The minimum absolute atomic E-state index is 0.784. The number of aryl methyl sites for hydroxylation is 4. The van der Waals surface area contributed by atoms with Crippen molar-refractivity contribution >= 4 is 23.4 Å². The molecule has 0 fully saturated rings. The van der Waals surface area contributed by atoms with E-state index in [0.717, 1.165) is 47.4 Å². The lowest BCUT2D eigenvalue weighted by atomic mass is 10.1. The number of H-pyrrole nitrogens is 1. The van der Waals surface area contributed by atoms with E-state index in [9.17, 15) is 0 Å². The fraction of sp³-hybridized carbons (Fsp3) is 0.375. The lowest BCUT2D eigenvalue weighted by Crippen LogP contribution is -2.05. The van der Waals surface area contributed by atoms with Gasteiger partial charge in [-0.25, -0.2) is 0 Å². The van der Waals surface area contributed by atoms with Crippen molar-refractivity contribution in [2.24, 2.45) is 7.05 Å². The number of nitrogens with one attached hydrogen (secondary N) is 1. The Balaban J connectivity index is 1.95. The van der Waals surface area contributed by atoms with E-state index in [-0.39, 0.29) is 0 Å². The number of benzene rings is 1. The highest BCUT2D eigenvalue weighted by Gasteiger charge is 2.14. The Labute approximate surface area is 129 Å². The average Bonchev–Trinajstić information content (AvgIpc) is 2.96. The minimum atomic E-state index is 0.784. The number of imidazole rings is 1. The topological polar surface area (TPSA) is 38.5 Å². The Hall–Kier alpha value is -1.88. The van der Waals surface area contributed by atoms with Crippen molar-refractivity contribution in [1.82, 2.24) is 19.3 Å². The maximum Gasteiger partial charge on any atom is 0.179 e. The largest absolute Gasteiger partial charge is 0.328 e. The summed E-state index contributed by atoms with van der Waals surface area (Å²) in [4.78, 5) is 3.33. The van der Waals surface area contributed by atoms with Gasteiger partial charge in [0.2, 0.25) is 0 Å². The monoisotopic (exact) mass is 300 g/mol. The summed E-state index contributed by atoms with van der Waals surface area (Å²) in [5.41, 5.74) is 4.63. The number of aromatic amines is 1. The average molecular weight is 300 g/mol. The summed E-state index contributed by atoms with van der Waals surface area (Å²) in [6, 6.07) is 10.5. The summed E-state index contributed by atoms with van der Waals surface area (Å²) < 4.78 is 4.88. The summed E-state index contributed by atoms with van der Waals surface area (Å²) in [6.07, 6.45) is 3.03. The van der Waals surface area contributed by atoms with E-state index in [1.807, 2.05) is 17.8 Å². The van der Waals surface area contributed by atoms with Gasteiger partial charge in [0.25, 0.3) is 0 Å². The normalized spacial score (nSPS) is 11.3. The predicted octanol–water partition coefficient (Wildman–Crippen LogP) is 3.63. The second-order valence-corrected chi connectivity index (χ2v) is 5.72. The highest BCUT2D eigenvalue weighted by atomic mass is 32.1. The van der Waals surface area contributed by atoms with Crippen LogP contribution in [0.3, 0.4) is 0 Å². The van der Waals surface area contributed by atoms with Crippen molar-refractivity contribution in [3.8, 4) is 0 Å². The Kier molecular flexibility index (Phi) is 3.92. The smallest absolute Gasteiger partial charge is 0.179 e. The molecule has 5 heteroatoms. The maximum atomic E-state index is 5.49. The first kappa shape index (κ1) is 14.1. The van der Waals surface area contributed by atoms with Crippen molar-refractivity contribution in [2.75, 3.05) is 0 Å². The molecule has 0 aliphatic rings. The van der Waals surface area contributed by atoms with Crippen LogP contribution in [0.15, 0.2) is 30.3 Å². The molecule has 0 saturated heterocycles. The van der Waals surface area contributed by atoms with Crippen molar-refractivity contribution in [2.45, 2.75) is 32.7 Å². The van der Waals surface area contributed by atoms with Crippen LogP contribution in [0.25, 0.3) is 11.2 Å². The van der Waals surface area contributed by atoms with E-state index in [4.69, 9.17) is 12.2 Å².